The molecule has 0 radical (unpaired) electrons. The van der Waals surface area contributed by atoms with Crippen molar-refractivity contribution in [1.29, 1.82) is 0 Å². The monoisotopic (exact) mass is 264 g/mol. The van der Waals surface area contributed by atoms with Crippen LogP contribution in [0, 0.1) is 5.92 Å². The van der Waals surface area contributed by atoms with E-state index in [2.05, 4.69) is 10.6 Å². The summed E-state index contributed by atoms with van der Waals surface area (Å²) in [5, 5.41) is 5.22. The van der Waals surface area contributed by atoms with Gasteiger partial charge in [0.2, 0.25) is 5.91 Å². The van der Waals surface area contributed by atoms with E-state index in [-0.39, 0.29) is 23.5 Å². The van der Waals surface area contributed by atoms with Crippen LogP contribution >= 0.6 is 0 Å². The standard InChI is InChI=1S/C11H24N2O3S/c1-9(2)7-13-11(14)8-12-5-6-17(15,16)10(3)4/h9-10,12H,5-8H2,1-4H3,(H,13,14). The van der Waals surface area contributed by atoms with E-state index in [0.717, 1.165) is 0 Å². The van der Waals surface area contributed by atoms with E-state index in [1.165, 1.54) is 0 Å². The van der Waals surface area contributed by atoms with E-state index >= 15 is 0 Å². The van der Waals surface area contributed by atoms with Crippen molar-refractivity contribution < 1.29 is 13.2 Å². The largest absolute Gasteiger partial charge is 0.355 e. The van der Waals surface area contributed by atoms with Gasteiger partial charge in [0.05, 0.1) is 17.5 Å². The number of sulfone groups is 1. The highest BCUT2D eigenvalue weighted by Crippen LogP contribution is 1.98. The van der Waals surface area contributed by atoms with Crippen molar-refractivity contribution in [2.45, 2.75) is 32.9 Å². The number of hydrogen-bond acceptors (Lipinski definition) is 4. The van der Waals surface area contributed by atoms with Gasteiger partial charge < -0.3 is 10.6 Å². The molecule has 0 fully saturated rings. The maximum Gasteiger partial charge on any atom is 0.233 e. The molecule has 0 aliphatic carbocycles. The molecule has 0 saturated carbocycles. The SMILES string of the molecule is CC(C)CNC(=O)CNCCS(=O)(=O)C(C)C. The van der Waals surface area contributed by atoms with Gasteiger partial charge >= 0.3 is 0 Å². The number of carbonyl (C=O) groups is 1. The zero-order valence-corrected chi connectivity index (χ0v) is 11.9. The lowest BCUT2D eigenvalue weighted by Gasteiger charge is -2.10. The lowest BCUT2D eigenvalue weighted by Crippen LogP contribution is -2.37. The Labute approximate surface area is 104 Å². The maximum absolute atomic E-state index is 11.4. The third kappa shape index (κ3) is 8.15. The molecule has 5 nitrogen and oxygen atoms in total. The summed E-state index contributed by atoms with van der Waals surface area (Å²) in [6.07, 6.45) is 0. The molecule has 6 heteroatoms. The smallest absolute Gasteiger partial charge is 0.233 e. The van der Waals surface area contributed by atoms with Gasteiger partial charge in [-0.3, -0.25) is 4.79 Å². The van der Waals surface area contributed by atoms with Gasteiger partial charge in [0, 0.05) is 13.1 Å². The molecule has 0 aromatic carbocycles. The van der Waals surface area contributed by atoms with E-state index in [1.54, 1.807) is 13.8 Å². The molecule has 102 valence electrons. The second-order valence-corrected chi connectivity index (χ2v) is 7.47. The molecule has 0 aromatic heterocycles. The zero-order chi connectivity index (χ0) is 13.5. The minimum Gasteiger partial charge on any atom is -0.355 e. The van der Waals surface area contributed by atoms with Gasteiger partial charge in [-0.15, -0.1) is 0 Å². The lowest BCUT2D eigenvalue weighted by molar-refractivity contribution is -0.120. The molecular formula is C11H24N2O3S. The fourth-order valence-corrected chi connectivity index (χ4v) is 1.93. The average molecular weight is 264 g/mol. The van der Waals surface area contributed by atoms with Gasteiger partial charge in [0.25, 0.3) is 0 Å². The Morgan fingerprint density at radius 1 is 1.18 bits per heavy atom. The molecule has 0 unspecified atom stereocenters. The molecule has 0 heterocycles. The Kier molecular flexibility index (Phi) is 7.38. The molecule has 0 rings (SSSR count). The van der Waals surface area contributed by atoms with Crippen molar-refractivity contribution in [2.75, 3.05) is 25.4 Å². The molecule has 17 heavy (non-hydrogen) atoms. The summed E-state index contributed by atoms with van der Waals surface area (Å²) in [6, 6.07) is 0. The third-order valence-corrected chi connectivity index (χ3v) is 4.48. The second-order valence-electron chi connectivity index (χ2n) is 4.79. The van der Waals surface area contributed by atoms with Crippen LogP contribution in [-0.2, 0) is 14.6 Å². The van der Waals surface area contributed by atoms with Crippen LogP contribution in [0.25, 0.3) is 0 Å². The fraction of sp³-hybridized carbons (Fsp3) is 0.909. The summed E-state index contributed by atoms with van der Waals surface area (Å²) < 4.78 is 22.9. The highest BCUT2D eigenvalue weighted by molar-refractivity contribution is 7.92. The third-order valence-electron chi connectivity index (χ3n) is 2.27. The number of hydrogen-bond donors (Lipinski definition) is 2. The first-order chi connectivity index (χ1) is 7.75. The van der Waals surface area contributed by atoms with Gasteiger partial charge in [-0.1, -0.05) is 13.8 Å². The van der Waals surface area contributed by atoms with Crippen LogP contribution in [0.4, 0.5) is 0 Å². The maximum atomic E-state index is 11.4. The normalized spacial score (nSPS) is 12.1. The van der Waals surface area contributed by atoms with Crippen molar-refractivity contribution in [2.24, 2.45) is 5.92 Å². The minimum absolute atomic E-state index is 0.0716. The van der Waals surface area contributed by atoms with Crippen molar-refractivity contribution >= 4 is 15.7 Å². The van der Waals surface area contributed by atoms with Crippen LogP contribution < -0.4 is 10.6 Å². The highest BCUT2D eigenvalue weighted by atomic mass is 32.2. The molecule has 1 amide bonds. The molecule has 0 bridgehead atoms. The summed E-state index contributed by atoms with van der Waals surface area (Å²) >= 11 is 0. The summed E-state index contributed by atoms with van der Waals surface area (Å²) in [6.45, 7) is 8.47. The van der Waals surface area contributed by atoms with Crippen LogP contribution in [-0.4, -0.2) is 45.0 Å². The summed E-state index contributed by atoms with van der Waals surface area (Å²) in [5.41, 5.74) is 0. The fourth-order valence-electron chi connectivity index (χ4n) is 1.03. The molecule has 0 aromatic rings. The van der Waals surface area contributed by atoms with Gasteiger partial charge in [0.1, 0.15) is 0 Å². The summed E-state index contributed by atoms with van der Waals surface area (Å²) in [5.74, 6) is 0.392. The lowest BCUT2D eigenvalue weighted by atomic mass is 10.2. The van der Waals surface area contributed by atoms with Crippen molar-refractivity contribution in [3.05, 3.63) is 0 Å². The topological polar surface area (TPSA) is 75.3 Å². The first kappa shape index (κ1) is 16.4. The predicted molar refractivity (Wildman–Crippen MR) is 69.6 cm³/mol. The number of rotatable bonds is 8. The van der Waals surface area contributed by atoms with Crippen molar-refractivity contribution in [1.82, 2.24) is 10.6 Å². The van der Waals surface area contributed by atoms with Crippen LogP contribution in [0.5, 0.6) is 0 Å². The van der Waals surface area contributed by atoms with E-state index in [0.29, 0.717) is 19.0 Å². The Bertz CT molecular complexity index is 324. The molecule has 2 N–H and O–H groups in total. The van der Waals surface area contributed by atoms with Crippen LogP contribution in [0.2, 0.25) is 0 Å². The second kappa shape index (κ2) is 7.66. The quantitative estimate of drug-likeness (QED) is 0.613. The average Bonchev–Trinajstić information content (AvgIpc) is 2.21. The van der Waals surface area contributed by atoms with Crippen LogP contribution in [0.1, 0.15) is 27.7 Å². The Balaban J connectivity index is 3.69. The first-order valence-electron chi connectivity index (χ1n) is 5.94. The molecule has 0 saturated heterocycles. The van der Waals surface area contributed by atoms with Crippen molar-refractivity contribution in [3.8, 4) is 0 Å². The zero-order valence-electron chi connectivity index (χ0n) is 11.1. The van der Waals surface area contributed by atoms with Crippen LogP contribution in [0.3, 0.4) is 0 Å². The Morgan fingerprint density at radius 3 is 2.24 bits per heavy atom. The predicted octanol–water partition coefficient (Wildman–Crippen LogP) is 0.171. The van der Waals surface area contributed by atoms with Crippen LogP contribution in [0.15, 0.2) is 0 Å². The van der Waals surface area contributed by atoms with E-state index in [4.69, 9.17) is 0 Å². The number of nitrogens with one attached hydrogen (secondary N) is 2. The van der Waals surface area contributed by atoms with Crippen molar-refractivity contribution in [3.63, 3.8) is 0 Å². The molecule has 0 atom stereocenters. The van der Waals surface area contributed by atoms with Gasteiger partial charge in [-0.25, -0.2) is 8.42 Å². The van der Waals surface area contributed by atoms with E-state index in [9.17, 15) is 13.2 Å². The van der Waals surface area contributed by atoms with E-state index in [1.807, 2.05) is 13.8 Å². The first-order valence-corrected chi connectivity index (χ1v) is 7.66. The van der Waals surface area contributed by atoms with E-state index < -0.39 is 9.84 Å². The summed E-state index contributed by atoms with van der Waals surface area (Å²) in [4.78, 5) is 11.3. The number of carbonyl (C=O) groups excluding carboxylic acids is 1. The highest BCUT2D eigenvalue weighted by Gasteiger charge is 2.15. The van der Waals surface area contributed by atoms with Gasteiger partial charge in [-0.05, 0) is 19.8 Å². The van der Waals surface area contributed by atoms with Gasteiger partial charge in [-0.2, -0.15) is 0 Å². The Morgan fingerprint density at radius 2 is 1.76 bits per heavy atom. The Hall–Kier alpha value is -0.620. The molecule has 0 spiro atoms. The number of amides is 1. The van der Waals surface area contributed by atoms with Gasteiger partial charge in [0.15, 0.2) is 9.84 Å². The molecule has 0 aliphatic rings. The molecule has 0 aliphatic heterocycles. The molecular weight excluding hydrogens is 240 g/mol. The summed E-state index contributed by atoms with van der Waals surface area (Å²) in [7, 11) is -3.02. The minimum atomic E-state index is -3.02.